The molecule has 2 rings (SSSR count). The Labute approximate surface area is 108 Å². The average molecular weight is 262 g/mol. The number of non-ortho nitro benzene ring substituents is 1. The summed E-state index contributed by atoms with van der Waals surface area (Å²) in [6, 6.07) is 5.17. The zero-order valence-corrected chi connectivity index (χ0v) is 10.1. The summed E-state index contributed by atoms with van der Waals surface area (Å²) >= 11 is 0. The lowest BCUT2D eigenvalue weighted by Crippen LogP contribution is -2.26. The van der Waals surface area contributed by atoms with Gasteiger partial charge in [-0.2, -0.15) is 5.26 Å². The topological polar surface area (TPSA) is 84.0 Å². The van der Waals surface area contributed by atoms with E-state index in [1.54, 1.807) is 0 Å². The first kappa shape index (κ1) is 13.1. The molecule has 0 bridgehead atoms. The quantitative estimate of drug-likeness (QED) is 0.619. The number of Topliss-reactive ketones (excluding diaryl/α,β-unsaturated/α-hetero) is 1. The van der Waals surface area contributed by atoms with E-state index in [1.165, 1.54) is 6.07 Å². The van der Waals surface area contributed by atoms with E-state index in [0.717, 1.165) is 12.1 Å². The molecule has 1 fully saturated rings. The maximum Gasteiger partial charge on any atom is 0.272 e. The number of nitriles is 1. The molecule has 98 valence electrons. The molecule has 0 radical (unpaired) electrons. The Bertz CT molecular complexity index is 594. The lowest BCUT2D eigenvalue weighted by molar-refractivity contribution is -0.385. The molecule has 1 aromatic carbocycles. The van der Waals surface area contributed by atoms with Crippen molar-refractivity contribution in [2.24, 2.45) is 5.41 Å². The molecule has 0 spiro atoms. The highest BCUT2D eigenvalue weighted by Crippen LogP contribution is 2.38. The number of rotatable bonds is 3. The highest BCUT2D eigenvalue weighted by Gasteiger charge is 2.42. The van der Waals surface area contributed by atoms with E-state index < -0.39 is 16.2 Å². The van der Waals surface area contributed by atoms with E-state index in [-0.39, 0.29) is 17.9 Å². The van der Waals surface area contributed by atoms with Crippen LogP contribution in [0.3, 0.4) is 0 Å². The predicted molar refractivity (Wildman–Crippen MR) is 63.7 cm³/mol. The number of ketones is 1. The second-order valence-electron chi connectivity index (χ2n) is 4.72. The summed E-state index contributed by atoms with van der Waals surface area (Å²) in [5.74, 6) is -0.898. The van der Waals surface area contributed by atoms with Crippen LogP contribution < -0.4 is 0 Å². The van der Waals surface area contributed by atoms with Gasteiger partial charge in [-0.25, -0.2) is 4.39 Å². The van der Waals surface area contributed by atoms with E-state index in [9.17, 15) is 24.6 Å². The van der Waals surface area contributed by atoms with Crippen LogP contribution in [0.5, 0.6) is 0 Å². The Hall–Kier alpha value is -2.29. The Balaban J connectivity index is 2.36. The molecule has 1 unspecified atom stereocenters. The van der Waals surface area contributed by atoms with Gasteiger partial charge in [0.05, 0.1) is 17.1 Å². The van der Waals surface area contributed by atoms with Gasteiger partial charge in [0.25, 0.3) is 5.69 Å². The molecule has 0 saturated heterocycles. The smallest absolute Gasteiger partial charge is 0.272 e. The van der Waals surface area contributed by atoms with Crippen LogP contribution in [0.25, 0.3) is 0 Å². The second kappa shape index (κ2) is 4.76. The summed E-state index contributed by atoms with van der Waals surface area (Å²) in [5.41, 5.74) is -1.21. The normalized spacial score (nSPS) is 22.2. The fraction of sp³-hybridized carbons (Fsp3) is 0.385. The predicted octanol–water partition coefficient (Wildman–Crippen LogP) is 2.54. The van der Waals surface area contributed by atoms with Crippen molar-refractivity contribution in [3.8, 4) is 6.07 Å². The van der Waals surface area contributed by atoms with Crippen molar-refractivity contribution in [2.75, 3.05) is 0 Å². The van der Waals surface area contributed by atoms with E-state index in [1.807, 2.05) is 6.07 Å². The minimum absolute atomic E-state index is 0.0287. The van der Waals surface area contributed by atoms with Crippen molar-refractivity contribution in [3.05, 3.63) is 39.7 Å². The number of benzene rings is 1. The van der Waals surface area contributed by atoms with Crippen LogP contribution in [0.15, 0.2) is 18.2 Å². The third-order valence-electron chi connectivity index (χ3n) is 3.41. The van der Waals surface area contributed by atoms with Crippen molar-refractivity contribution in [1.29, 1.82) is 5.26 Å². The fourth-order valence-corrected chi connectivity index (χ4v) is 2.46. The maximum absolute atomic E-state index is 13.3. The van der Waals surface area contributed by atoms with Crippen molar-refractivity contribution in [3.63, 3.8) is 0 Å². The van der Waals surface area contributed by atoms with Gasteiger partial charge in [-0.15, -0.1) is 0 Å². The van der Waals surface area contributed by atoms with Crippen LogP contribution in [0.2, 0.25) is 0 Å². The zero-order chi connectivity index (χ0) is 14.0. The third-order valence-corrected chi connectivity index (χ3v) is 3.41. The minimum atomic E-state index is -1.15. The number of nitro benzene ring substituents is 1. The van der Waals surface area contributed by atoms with Crippen molar-refractivity contribution in [1.82, 2.24) is 0 Å². The van der Waals surface area contributed by atoms with Gasteiger partial charge in [0.2, 0.25) is 0 Å². The minimum Gasteiger partial charge on any atom is -0.298 e. The molecule has 0 N–H and O–H groups in total. The number of nitrogens with zero attached hydrogens (tertiary/aromatic N) is 2. The molecule has 5 nitrogen and oxygen atoms in total. The lowest BCUT2D eigenvalue weighted by Gasteiger charge is -2.18. The van der Waals surface area contributed by atoms with Gasteiger partial charge in [-0.3, -0.25) is 14.9 Å². The molecule has 1 saturated carbocycles. The SMILES string of the molecule is N#CC1(Cc2cc(F)cc([N+](=O)[O-])c2)CCCC1=O. The fourth-order valence-electron chi connectivity index (χ4n) is 2.46. The van der Waals surface area contributed by atoms with Crippen molar-refractivity contribution >= 4 is 11.5 Å². The number of halogens is 1. The zero-order valence-electron chi connectivity index (χ0n) is 10.1. The van der Waals surface area contributed by atoms with E-state index >= 15 is 0 Å². The summed E-state index contributed by atoms with van der Waals surface area (Å²) in [6.07, 6.45) is 1.42. The highest BCUT2D eigenvalue weighted by atomic mass is 19.1. The van der Waals surface area contributed by atoms with Crippen molar-refractivity contribution < 1.29 is 14.1 Å². The van der Waals surface area contributed by atoms with Gasteiger partial charge in [-0.1, -0.05) is 0 Å². The molecular formula is C13H11FN2O3. The molecule has 1 atom stereocenters. The molecule has 1 aliphatic rings. The van der Waals surface area contributed by atoms with Gasteiger partial charge in [0.15, 0.2) is 5.78 Å². The highest BCUT2D eigenvalue weighted by molar-refractivity contribution is 5.89. The molecule has 0 amide bonds. The third kappa shape index (κ3) is 2.45. The van der Waals surface area contributed by atoms with Gasteiger partial charge in [0.1, 0.15) is 11.2 Å². The first-order chi connectivity index (χ1) is 8.97. The first-order valence-corrected chi connectivity index (χ1v) is 5.85. The summed E-state index contributed by atoms with van der Waals surface area (Å²) in [4.78, 5) is 21.8. The Morgan fingerprint density at radius 2 is 2.21 bits per heavy atom. The molecule has 0 aliphatic heterocycles. The van der Waals surface area contributed by atoms with Gasteiger partial charge in [0, 0.05) is 12.5 Å². The van der Waals surface area contributed by atoms with Crippen LogP contribution in [0.1, 0.15) is 24.8 Å². The molecule has 1 aliphatic carbocycles. The van der Waals surface area contributed by atoms with Crippen LogP contribution in [0.4, 0.5) is 10.1 Å². The van der Waals surface area contributed by atoms with Crippen LogP contribution in [-0.4, -0.2) is 10.7 Å². The molecule has 6 heteroatoms. The van der Waals surface area contributed by atoms with Crippen molar-refractivity contribution in [2.45, 2.75) is 25.7 Å². The van der Waals surface area contributed by atoms with E-state index in [0.29, 0.717) is 24.8 Å². The molecule has 19 heavy (non-hydrogen) atoms. The summed E-state index contributed by atoms with van der Waals surface area (Å²) in [5, 5.41) is 19.9. The Morgan fingerprint density at radius 3 is 2.74 bits per heavy atom. The van der Waals surface area contributed by atoms with Crippen LogP contribution in [0, 0.1) is 32.7 Å². The Morgan fingerprint density at radius 1 is 1.47 bits per heavy atom. The summed E-state index contributed by atoms with van der Waals surface area (Å²) in [6.45, 7) is 0. The lowest BCUT2D eigenvalue weighted by atomic mass is 9.80. The van der Waals surface area contributed by atoms with Gasteiger partial charge < -0.3 is 0 Å². The second-order valence-corrected chi connectivity index (χ2v) is 4.72. The number of nitro groups is 1. The number of carbonyl (C=O) groups is 1. The van der Waals surface area contributed by atoms with E-state index in [2.05, 4.69) is 0 Å². The first-order valence-electron chi connectivity index (χ1n) is 5.85. The molecule has 0 heterocycles. The van der Waals surface area contributed by atoms with Crippen LogP contribution in [-0.2, 0) is 11.2 Å². The van der Waals surface area contributed by atoms with E-state index in [4.69, 9.17) is 0 Å². The van der Waals surface area contributed by atoms with Gasteiger partial charge in [-0.05, 0) is 30.9 Å². The molecule has 1 aromatic rings. The van der Waals surface area contributed by atoms with Crippen LogP contribution >= 0.6 is 0 Å². The standard InChI is InChI=1S/C13H11FN2O3/c14-10-4-9(5-11(6-10)16(18)19)7-13(8-15)3-1-2-12(13)17/h4-6H,1-3,7H2. The number of carbonyl (C=O) groups excluding carboxylic acids is 1. The molecule has 0 aromatic heterocycles. The number of hydrogen-bond donors (Lipinski definition) is 0. The monoisotopic (exact) mass is 262 g/mol. The number of hydrogen-bond acceptors (Lipinski definition) is 4. The van der Waals surface area contributed by atoms with Gasteiger partial charge >= 0.3 is 0 Å². The largest absolute Gasteiger partial charge is 0.298 e. The average Bonchev–Trinajstić information content (AvgIpc) is 2.70. The Kier molecular flexibility index (Phi) is 3.30. The summed E-state index contributed by atoms with van der Waals surface area (Å²) < 4.78 is 13.3. The molecular weight excluding hydrogens is 251 g/mol. The summed E-state index contributed by atoms with van der Waals surface area (Å²) in [7, 11) is 0. The maximum atomic E-state index is 13.3.